The molecule has 1 fully saturated rings. The zero-order valence-corrected chi connectivity index (χ0v) is 11.0. The maximum absolute atomic E-state index is 11.7. The average Bonchev–Trinajstić information content (AvgIpc) is 2.99. The number of nitrogens with one attached hydrogen (secondary N) is 1. The normalized spacial score (nSPS) is 21.4. The second-order valence-electron chi connectivity index (χ2n) is 4.48. The van der Waals surface area contributed by atoms with Gasteiger partial charge < -0.3 is 10.1 Å². The Morgan fingerprint density at radius 3 is 3.24 bits per heavy atom. The molecule has 17 heavy (non-hydrogen) atoms. The molecule has 0 aromatic carbocycles. The number of hydrogen-bond donors (Lipinski definition) is 1. The number of ether oxygens (including phenoxy) is 1. The largest absolute Gasteiger partial charge is 0.378 e. The van der Waals surface area contributed by atoms with Gasteiger partial charge in [-0.1, -0.05) is 6.07 Å². The van der Waals surface area contributed by atoms with Gasteiger partial charge in [-0.2, -0.15) is 0 Å². The average molecular weight is 253 g/mol. The molecule has 0 bridgehead atoms. The third kappa shape index (κ3) is 3.82. The van der Waals surface area contributed by atoms with Gasteiger partial charge in [-0.3, -0.25) is 4.79 Å². The molecule has 2 atom stereocenters. The summed E-state index contributed by atoms with van der Waals surface area (Å²) in [6.07, 6.45) is 3.97. The Hall–Kier alpha value is -0.870. The molecule has 1 aromatic rings. The minimum absolute atomic E-state index is 0.118. The molecule has 2 rings (SSSR count). The van der Waals surface area contributed by atoms with Crippen molar-refractivity contribution in [3.05, 3.63) is 22.4 Å². The summed E-state index contributed by atoms with van der Waals surface area (Å²) in [6, 6.07) is 4.18. The van der Waals surface area contributed by atoms with Crippen LogP contribution in [0.25, 0.3) is 0 Å². The fourth-order valence-corrected chi connectivity index (χ4v) is 2.82. The van der Waals surface area contributed by atoms with Gasteiger partial charge in [0.05, 0.1) is 12.1 Å². The summed E-state index contributed by atoms with van der Waals surface area (Å²) in [7, 11) is 0. The lowest BCUT2D eigenvalue weighted by molar-refractivity contribution is -0.122. The van der Waals surface area contributed by atoms with E-state index in [-0.39, 0.29) is 11.9 Å². The van der Waals surface area contributed by atoms with E-state index in [4.69, 9.17) is 4.74 Å². The van der Waals surface area contributed by atoms with Crippen molar-refractivity contribution >= 4 is 17.2 Å². The molecular formula is C13H19NO2S. The lowest BCUT2D eigenvalue weighted by atomic mass is 10.1. The Kier molecular flexibility index (Phi) is 4.57. The van der Waals surface area contributed by atoms with Crippen molar-refractivity contribution in [1.82, 2.24) is 5.32 Å². The van der Waals surface area contributed by atoms with E-state index < -0.39 is 0 Å². The first kappa shape index (κ1) is 12.6. The van der Waals surface area contributed by atoms with Crippen LogP contribution >= 0.6 is 11.3 Å². The van der Waals surface area contributed by atoms with Crippen LogP contribution in [0, 0.1) is 0 Å². The summed E-state index contributed by atoms with van der Waals surface area (Å²) in [5.41, 5.74) is 0. The van der Waals surface area contributed by atoms with E-state index in [1.165, 1.54) is 4.88 Å². The quantitative estimate of drug-likeness (QED) is 0.876. The zero-order chi connectivity index (χ0) is 12.1. The smallest absolute Gasteiger partial charge is 0.220 e. The summed E-state index contributed by atoms with van der Waals surface area (Å²) in [5, 5.41) is 5.05. The molecule has 3 nitrogen and oxygen atoms in total. The van der Waals surface area contributed by atoms with Crippen LogP contribution in [0.1, 0.15) is 43.5 Å². The molecule has 1 aliphatic rings. The van der Waals surface area contributed by atoms with Crippen LogP contribution in [0.2, 0.25) is 0 Å². The van der Waals surface area contributed by atoms with Crippen LogP contribution in [0.4, 0.5) is 0 Å². The minimum Gasteiger partial charge on any atom is -0.378 e. The monoisotopic (exact) mass is 253 g/mol. The topological polar surface area (TPSA) is 38.3 Å². The van der Waals surface area contributed by atoms with Gasteiger partial charge >= 0.3 is 0 Å². The van der Waals surface area contributed by atoms with Crippen molar-refractivity contribution < 1.29 is 9.53 Å². The van der Waals surface area contributed by atoms with Crippen molar-refractivity contribution in [2.75, 3.05) is 6.61 Å². The molecule has 0 spiro atoms. The highest BCUT2D eigenvalue weighted by Crippen LogP contribution is 2.19. The van der Waals surface area contributed by atoms with Crippen molar-refractivity contribution in [3.8, 4) is 0 Å². The number of amides is 1. The second-order valence-corrected chi connectivity index (χ2v) is 5.46. The standard InChI is InChI=1S/C13H19NO2S/c1-10(12-5-3-9-17-12)14-13(15)7-6-11-4-2-8-16-11/h3,5,9-11H,2,4,6-8H2,1H3,(H,14,15)/t10-,11-/m1/s1. The van der Waals surface area contributed by atoms with Gasteiger partial charge in [0, 0.05) is 17.9 Å². The maximum atomic E-state index is 11.7. The number of carbonyl (C=O) groups is 1. The van der Waals surface area contributed by atoms with Crippen molar-refractivity contribution in [2.24, 2.45) is 0 Å². The summed E-state index contributed by atoms with van der Waals surface area (Å²) in [5.74, 6) is 0.126. The number of thiophene rings is 1. The summed E-state index contributed by atoms with van der Waals surface area (Å²) < 4.78 is 5.50. The Morgan fingerprint density at radius 1 is 1.71 bits per heavy atom. The molecule has 0 saturated carbocycles. The molecule has 0 aliphatic carbocycles. The van der Waals surface area contributed by atoms with E-state index in [0.29, 0.717) is 12.5 Å². The highest BCUT2D eigenvalue weighted by atomic mass is 32.1. The molecule has 1 N–H and O–H groups in total. The molecule has 94 valence electrons. The van der Waals surface area contributed by atoms with E-state index in [0.717, 1.165) is 25.9 Å². The van der Waals surface area contributed by atoms with Crippen molar-refractivity contribution in [2.45, 2.75) is 44.8 Å². The molecule has 1 aromatic heterocycles. The van der Waals surface area contributed by atoms with E-state index in [9.17, 15) is 4.79 Å². The fourth-order valence-electron chi connectivity index (χ4n) is 2.09. The third-order valence-electron chi connectivity index (χ3n) is 3.06. The third-order valence-corrected chi connectivity index (χ3v) is 4.12. The van der Waals surface area contributed by atoms with Gasteiger partial charge in [-0.05, 0) is 37.6 Å². The van der Waals surface area contributed by atoms with Crippen LogP contribution in [0.15, 0.2) is 17.5 Å². The van der Waals surface area contributed by atoms with Crippen LogP contribution in [0.5, 0.6) is 0 Å². The first-order valence-electron chi connectivity index (χ1n) is 6.20. The van der Waals surface area contributed by atoms with Gasteiger partial charge in [0.25, 0.3) is 0 Å². The van der Waals surface area contributed by atoms with E-state index in [1.54, 1.807) is 11.3 Å². The zero-order valence-electron chi connectivity index (χ0n) is 10.1. The van der Waals surface area contributed by atoms with Crippen LogP contribution in [-0.2, 0) is 9.53 Å². The predicted octanol–water partition coefficient (Wildman–Crippen LogP) is 2.88. The number of hydrogen-bond acceptors (Lipinski definition) is 3. The van der Waals surface area contributed by atoms with Crippen LogP contribution in [-0.4, -0.2) is 18.6 Å². The highest BCUT2D eigenvalue weighted by Gasteiger charge is 2.17. The van der Waals surface area contributed by atoms with E-state index in [2.05, 4.69) is 11.4 Å². The SMILES string of the molecule is C[C@@H](NC(=O)CC[C@H]1CCCO1)c1cccs1. The Bertz CT molecular complexity index is 344. The van der Waals surface area contributed by atoms with Crippen molar-refractivity contribution in [3.63, 3.8) is 0 Å². The number of rotatable bonds is 5. The molecule has 0 unspecified atom stereocenters. The van der Waals surface area contributed by atoms with Gasteiger partial charge in [0.15, 0.2) is 0 Å². The minimum atomic E-state index is 0.118. The maximum Gasteiger partial charge on any atom is 0.220 e. The van der Waals surface area contributed by atoms with Gasteiger partial charge in [0.2, 0.25) is 5.91 Å². The first-order valence-corrected chi connectivity index (χ1v) is 7.08. The molecule has 2 heterocycles. The van der Waals surface area contributed by atoms with Gasteiger partial charge in [0.1, 0.15) is 0 Å². The van der Waals surface area contributed by atoms with Crippen molar-refractivity contribution in [1.29, 1.82) is 0 Å². The molecular weight excluding hydrogens is 234 g/mol. The molecule has 4 heteroatoms. The summed E-state index contributed by atoms with van der Waals surface area (Å²) in [4.78, 5) is 12.9. The Morgan fingerprint density at radius 2 is 2.59 bits per heavy atom. The van der Waals surface area contributed by atoms with Crippen LogP contribution < -0.4 is 5.32 Å². The summed E-state index contributed by atoms with van der Waals surface area (Å²) in [6.45, 7) is 2.88. The summed E-state index contributed by atoms with van der Waals surface area (Å²) >= 11 is 1.68. The predicted molar refractivity (Wildman–Crippen MR) is 69.1 cm³/mol. The highest BCUT2D eigenvalue weighted by molar-refractivity contribution is 7.10. The van der Waals surface area contributed by atoms with Gasteiger partial charge in [-0.25, -0.2) is 0 Å². The Balaban J connectivity index is 1.69. The van der Waals surface area contributed by atoms with E-state index >= 15 is 0 Å². The lowest BCUT2D eigenvalue weighted by Gasteiger charge is -2.13. The first-order chi connectivity index (χ1) is 8.25. The molecule has 0 radical (unpaired) electrons. The van der Waals surface area contributed by atoms with Gasteiger partial charge in [-0.15, -0.1) is 11.3 Å². The molecule has 1 aliphatic heterocycles. The number of carbonyl (C=O) groups excluding carboxylic acids is 1. The second kappa shape index (κ2) is 6.17. The fraction of sp³-hybridized carbons (Fsp3) is 0.615. The van der Waals surface area contributed by atoms with Crippen LogP contribution in [0.3, 0.4) is 0 Å². The van der Waals surface area contributed by atoms with E-state index in [1.807, 2.05) is 18.4 Å². The lowest BCUT2D eigenvalue weighted by Crippen LogP contribution is -2.26. The Labute approximate surface area is 106 Å². The molecule has 1 saturated heterocycles. The molecule has 1 amide bonds.